The van der Waals surface area contributed by atoms with E-state index in [9.17, 15) is 4.79 Å². The second kappa shape index (κ2) is 4.49. The minimum absolute atomic E-state index is 0.195. The molecule has 1 aromatic heterocycles. The lowest BCUT2D eigenvalue weighted by Crippen LogP contribution is -2.19. The number of aromatic amines is 1. The van der Waals surface area contributed by atoms with Gasteiger partial charge < -0.3 is 10.7 Å². The fourth-order valence-corrected chi connectivity index (χ4v) is 3.21. The molecule has 0 aliphatic heterocycles. The van der Waals surface area contributed by atoms with Crippen molar-refractivity contribution < 1.29 is 0 Å². The maximum absolute atomic E-state index is 11.2. The van der Waals surface area contributed by atoms with Gasteiger partial charge in [-0.05, 0) is 23.5 Å². The normalized spacial score (nSPS) is 17.0. The SMILES string of the molecule is Nc1cc(=O)[nH]c(SCC2Cc3ccccc32)n1. The van der Waals surface area contributed by atoms with Crippen molar-refractivity contribution in [2.75, 3.05) is 11.5 Å². The van der Waals surface area contributed by atoms with Crippen molar-refractivity contribution in [3.8, 4) is 0 Å². The number of thioether (sulfide) groups is 1. The second-order valence-electron chi connectivity index (χ2n) is 4.39. The molecule has 4 nitrogen and oxygen atoms in total. The predicted octanol–water partition coefficient (Wildman–Crippen LogP) is 1.78. The fraction of sp³-hybridized carbons (Fsp3) is 0.231. The minimum atomic E-state index is -0.195. The lowest BCUT2D eigenvalue weighted by atomic mass is 9.79. The average molecular weight is 259 g/mol. The highest BCUT2D eigenvalue weighted by Crippen LogP contribution is 2.37. The van der Waals surface area contributed by atoms with Crippen molar-refractivity contribution in [1.29, 1.82) is 0 Å². The average Bonchev–Trinajstić information content (AvgIpc) is 2.29. The van der Waals surface area contributed by atoms with Gasteiger partial charge in [0.1, 0.15) is 5.82 Å². The highest BCUT2D eigenvalue weighted by Gasteiger charge is 2.25. The zero-order valence-electron chi connectivity index (χ0n) is 9.72. The first-order valence-electron chi connectivity index (χ1n) is 5.80. The summed E-state index contributed by atoms with van der Waals surface area (Å²) < 4.78 is 0. The summed E-state index contributed by atoms with van der Waals surface area (Å²) in [6.07, 6.45) is 1.11. The molecule has 0 bridgehead atoms. The Morgan fingerprint density at radius 2 is 2.28 bits per heavy atom. The summed E-state index contributed by atoms with van der Waals surface area (Å²) in [6.45, 7) is 0. The molecule has 0 saturated heterocycles. The van der Waals surface area contributed by atoms with Gasteiger partial charge in [0.2, 0.25) is 0 Å². The molecule has 3 rings (SSSR count). The van der Waals surface area contributed by atoms with E-state index in [0.29, 0.717) is 11.1 Å². The van der Waals surface area contributed by atoms with Crippen LogP contribution in [0.1, 0.15) is 17.0 Å². The molecule has 0 spiro atoms. The molecule has 18 heavy (non-hydrogen) atoms. The Kier molecular flexibility index (Phi) is 2.83. The van der Waals surface area contributed by atoms with E-state index in [0.717, 1.165) is 12.2 Å². The Morgan fingerprint density at radius 1 is 1.44 bits per heavy atom. The van der Waals surface area contributed by atoms with Crippen LogP contribution in [0.2, 0.25) is 0 Å². The Balaban J connectivity index is 1.68. The standard InChI is InChI=1S/C13H13N3OS/c14-11-6-12(17)16-13(15-11)18-7-9-5-8-3-1-2-4-10(8)9/h1-4,6,9H,5,7H2,(H3,14,15,16,17). The molecule has 1 aliphatic carbocycles. The number of rotatable bonds is 3. The zero-order valence-corrected chi connectivity index (χ0v) is 10.5. The first-order valence-corrected chi connectivity index (χ1v) is 6.78. The molecule has 5 heteroatoms. The number of nitrogens with zero attached hydrogens (tertiary/aromatic N) is 1. The third kappa shape index (κ3) is 2.13. The van der Waals surface area contributed by atoms with Crippen LogP contribution >= 0.6 is 11.8 Å². The number of H-pyrrole nitrogens is 1. The van der Waals surface area contributed by atoms with E-state index in [4.69, 9.17) is 5.73 Å². The van der Waals surface area contributed by atoms with Crippen LogP contribution in [0.25, 0.3) is 0 Å². The number of nitrogens with one attached hydrogen (secondary N) is 1. The van der Waals surface area contributed by atoms with Gasteiger partial charge in [-0.3, -0.25) is 4.79 Å². The number of anilines is 1. The monoisotopic (exact) mass is 259 g/mol. The number of benzene rings is 1. The lowest BCUT2D eigenvalue weighted by molar-refractivity contribution is 0.676. The van der Waals surface area contributed by atoms with Gasteiger partial charge >= 0.3 is 0 Å². The van der Waals surface area contributed by atoms with Crippen molar-refractivity contribution in [2.24, 2.45) is 0 Å². The van der Waals surface area contributed by atoms with Gasteiger partial charge in [-0.1, -0.05) is 36.0 Å². The van der Waals surface area contributed by atoms with Crippen molar-refractivity contribution in [1.82, 2.24) is 9.97 Å². The summed E-state index contributed by atoms with van der Waals surface area (Å²) in [5.74, 6) is 1.75. The summed E-state index contributed by atoms with van der Waals surface area (Å²) in [4.78, 5) is 18.0. The van der Waals surface area contributed by atoms with E-state index in [-0.39, 0.29) is 11.4 Å². The van der Waals surface area contributed by atoms with E-state index < -0.39 is 0 Å². The van der Waals surface area contributed by atoms with E-state index in [2.05, 4.69) is 34.2 Å². The molecule has 2 aromatic rings. The van der Waals surface area contributed by atoms with E-state index >= 15 is 0 Å². The van der Waals surface area contributed by atoms with E-state index in [1.54, 1.807) is 11.8 Å². The highest BCUT2D eigenvalue weighted by atomic mass is 32.2. The highest BCUT2D eigenvalue weighted by molar-refractivity contribution is 7.99. The largest absolute Gasteiger partial charge is 0.383 e. The number of fused-ring (bicyclic) bond motifs is 1. The van der Waals surface area contributed by atoms with Crippen LogP contribution in [0.5, 0.6) is 0 Å². The maximum atomic E-state index is 11.2. The van der Waals surface area contributed by atoms with Crippen molar-refractivity contribution in [2.45, 2.75) is 17.5 Å². The van der Waals surface area contributed by atoms with E-state index in [1.165, 1.54) is 17.2 Å². The first-order chi connectivity index (χ1) is 8.72. The van der Waals surface area contributed by atoms with Gasteiger partial charge in [-0.2, -0.15) is 0 Å². The summed E-state index contributed by atoms with van der Waals surface area (Å²) in [7, 11) is 0. The van der Waals surface area contributed by atoms with Gasteiger partial charge in [0.25, 0.3) is 5.56 Å². The quantitative estimate of drug-likeness (QED) is 0.651. The number of hydrogen-bond donors (Lipinski definition) is 2. The second-order valence-corrected chi connectivity index (χ2v) is 5.39. The molecule has 3 N–H and O–H groups in total. The molecule has 1 unspecified atom stereocenters. The molecule has 1 aliphatic rings. The summed E-state index contributed by atoms with van der Waals surface area (Å²) in [5.41, 5.74) is 8.19. The van der Waals surface area contributed by atoms with Gasteiger partial charge in [0.15, 0.2) is 5.16 Å². The van der Waals surface area contributed by atoms with Crippen molar-refractivity contribution >= 4 is 17.6 Å². The molecule has 0 fully saturated rings. The maximum Gasteiger partial charge on any atom is 0.253 e. The van der Waals surface area contributed by atoms with Crippen LogP contribution in [-0.4, -0.2) is 15.7 Å². The van der Waals surface area contributed by atoms with Crippen LogP contribution in [0.15, 0.2) is 40.3 Å². The molecule has 1 heterocycles. The third-order valence-corrected chi connectivity index (χ3v) is 4.16. The Morgan fingerprint density at radius 3 is 3.06 bits per heavy atom. The van der Waals surface area contributed by atoms with E-state index in [1.807, 2.05) is 0 Å². The van der Waals surface area contributed by atoms with Crippen molar-refractivity contribution in [3.63, 3.8) is 0 Å². The predicted molar refractivity (Wildman–Crippen MR) is 72.9 cm³/mol. The van der Waals surface area contributed by atoms with Crippen LogP contribution in [-0.2, 0) is 6.42 Å². The van der Waals surface area contributed by atoms with Crippen LogP contribution in [0.4, 0.5) is 5.82 Å². The summed E-state index contributed by atoms with van der Waals surface area (Å²) >= 11 is 1.55. The number of nitrogen functional groups attached to an aromatic ring is 1. The topological polar surface area (TPSA) is 71.8 Å². The lowest BCUT2D eigenvalue weighted by Gasteiger charge is -2.29. The number of aromatic nitrogens is 2. The van der Waals surface area contributed by atoms with Gasteiger partial charge in [-0.25, -0.2) is 4.98 Å². The van der Waals surface area contributed by atoms with Crippen LogP contribution in [0.3, 0.4) is 0 Å². The molecule has 1 atom stereocenters. The smallest absolute Gasteiger partial charge is 0.253 e. The molecule has 1 aromatic carbocycles. The van der Waals surface area contributed by atoms with Crippen LogP contribution in [0, 0.1) is 0 Å². The van der Waals surface area contributed by atoms with Crippen molar-refractivity contribution in [3.05, 3.63) is 51.8 Å². The Bertz CT molecular complexity index is 638. The van der Waals surface area contributed by atoms with Gasteiger partial charge in [0, 0.05) is 11.8 Å². The Hall–Kier alpha value is -1.75. The minimum Gasteiger partial charge on any atom is -0.383 e. The molecule has 92 valence electrons. The molecular weight excluding hydrogens is 246 g/mol. The summed E-state index contributed by atoms with van der Waals surface area (Å²) in [6, 6.07) is 9.76. The van der Waals surface area contributed by atoms with Gasteiger partial charge in [0.05, 0.1) is 0 Å². The zero-order chi connectivity index (χ0) is 12.5. The van der Waals surface area contributed by atoms with Crippen LogP contribution < -0.4 is 11.3 Å². The molecular formula is C13H13N3OS. The molecule has 0 radical (unpaired) electrons. The molecule has 0 saturated carbocycles. The number of hydrogen-bond acceptors (Lipinski definition) is 4. The fourth-order valence-electron chi connectivity index (χ4n) is 2.21. The first kappa shape index (κ1) is 11.3. The third-order valence-electron chi connectivity index (χ3n) is 3.12. The number of nitrogens with two attached hydrogens (primary N) is 1. The Labute approximate surface area is 109 Å². The summed E-state index contributed by atoms with van der Waals surface area (Å²) in [5, 5.41) is 0.601. The van der Waals surface area contributed by atoms with Gasteiger partial charge in [-0.15, -0.1) is 0 Å². The molecule has 0 amide bonds.